The molecule has 3 nitrogen and oxygen atoms in total. The van der Waals surface area contributed by atoms with E-state index in [0.717, 1.165) is 16.8 Å². The molecule has 5 heteroatoms. The number of hydrogen-bond acceptors (Lipinski definition) is 1. The Labute approximate surface area is 140 Å². The molecule has 0 saturated heterocycles. The highest BCUT2D eigenvalue weighted by atomic mass is 35.5. The molecule has 0 fully saturated rings. The molecule has 2 rings (SSSR count). The van der Waals surface area contributed by atoms with Gasteiger partial charge in [-0.05, 0) is 43.7 Å². The molecule has 0 spiro atoms. The quantitative estimate of drug-likeness (QED) is 0.860. The largest absolute Gasteiger partial charge is 0.333 e. The average molecular weight is 338 g/mol. The van der Waals surface area contributed by atoms with Gasteiger partial charge in [-0.2, -0.15) is 0 Å². The number of hydrogen-bond donors (Lipinski definition) is 2. The van der Waals surface area contributed by atoms with Gasteiger partial charge in [0.2, 0.25) is 0 Å². The standard InChI is InChI=1S/C17H18Cl2N2O/c1-11-6-7-15(19)9-16(11)21-17(22)10-20-12(2)13-4-3-5-14(18)8-13/h3-9,12,20H,10H2,1-2H3,(H,21,22)/p+1/t12-/m0/s1. The molecule has 0 aromatic heterocycles. The van der Waals surface area contributed by atoms with Gasteiger partial charge in [-0.1, -0.05) is 41.4 Å². The Morgan fingerprint density at radius 1 is 1.18 bits per heavy atom. The first-order valence-corrected chi connectivity index (χ1v) is 7.86. The molecule has 22 heavy (non-hydrogen) atoms. The van der Waals surface area contributed by atoms with E-state index in [-0.39, 0.29) is 11.9 Å². The Morgan fingerprint density at radius 3 is 2.64 bits per heavy atom. The SMILES string of the molecule is Cc1ccc(Cl)cc1NC(=O)C[NH2+][C@@H](C)c1cccc(Cl)c1. The highest BCUT2D eigenvalue weighted by Crippen LogP contribution is 2.20. The molecule has 0 radical (unpaired) electrons. The van der Waals surface area contributed by atoms with Crippen molar-refractivity contribution >= 4 is 34.8 Å². The molecule has 0 aliphatic rings. The van der Waals surface area contributed by atoms with Crippen LogP contribution in [0.1, 0.15) is 24.1 Å². The van der Waals surface area contributed by atoms with Crippen LogP contribution in [0.4, 0.5) is 5.69 Å². The highest BCUT2D eigenvalue weighted by Gasteiger charge is 2.12. The Hall–Kier alpha value is -1.55. The molecule has 0 unspecified atom stereocenters. The lowest BCUT2D eigenvalue weighted by atomic mass is 10.1. The third kappa shape index (κ3) is 4.73. The van der Waals surface area contributed by atoms with Gasteiger partial charge in [0.25, 0.3) is 5.91 Å². The van der Waals surface area contributed by atoms with Gasteiger partial charge in [0.1, 0.15) is 6.04 Å². The van der Waals surface area contributed by atoms with Gasteiger partial charge in [0.05, 0.1) is 0 Å². The van der Waals surface area contributed by atoms with Crippen LogP contribution in [0.25, 0.3) is 0 Å². The van der Waals surface area contributed by atoms with Gasteiger partial charge in [-0.25, -0.2) is 0 Å². The predicted molar refractivity (Wildman–Crippen MR) is 91.5 cm³/mol. The molecule has 0 heterocycles. The van der Waals surface area contributed by atoms with E-state index in [2.05, 4.69) is 5.32 Å². The number of quaternary nitrogens is 1. The summed E-state index contributed by atoms with van der Waals surface area (Å²) >= 11 is 11.9. The highest BCUT2D eigenvalue weighted by molar-refractivity contribution is 6.31. The second-order valence-corrected chi connectivity index (χ2v) is 6.16. The van der Waals surface area contributed by atoms with Crippen LogP contribution in [0.15, 0.2) is 42.5 Å². The van der Waals surface area contributed by atoms with Crippen molar-refractivity contribution in [2.45, 2.75) is 19.9 Å². The third-order valence-corrected chi connectivity index (χ3v) is 3.98. The summed E-state index contributed by atoms with van der Waals surface area (Å²) in [6.45, 7) is 4.31. The van der Waals surface area contributed by atoms with Crippen LogP contribution >= 0.6 is 23.2 Å². The van der Waals surface area contributed by atoms with Crippen LogP contribution in [0.3, 0.4) is 0 Å². The van der Waals surface area contributed by atoms with Crippen molar-refractivity contribution in [1.29, 1.82) is 0 Å². The van der Waals surface area contributed by atoms with Crippen molar-refractivity contribution in [1.82, 2.24) is 0 Å². The lowest BCUT2D eigenvalue weighted by Crippen LogP contribution is -2.86. The third-order valence-electron chi connectivity index (χ3n) is 3.50. The molecule has 0 aliphatic carbocycles. The fraction of sp³-hybridized carbons (Fsp3) is 0.235. The fourth-order valence-corrected chi connectivity index (χ4v) is 2.51. The minimum Gasteiger partial charge on any atom is -0.333 e. The maximum absolute atomic E-state index is 12.1. The maximum atomic E-state index is 12.1. The summed E-state index contributed by atoms with van der Waals surface area (Å²) in [7, 11) is 0. The molecule has 2 aromatic rings. The maximum Gasteiger partial charge on any atom is 0.279 e. The number of carbonyl (C=O) groups is 1. The molecular formula is C17H19Cl2N2O+. The van der Waals surface area contributed by atoms with Gasteiger partial charge in [-0.15, -0.1) is 0 Å². The second kappa shape index (κ2) is 7.63. The van der Waals surface area contributed by atoms with Crippen molar-refractivity contribution in [3.63, 3.8) is 0 Å². The number of nitrogens with one attached hydrogen (secondary N) is 1. The summed E-state index contributed by atoms with van der Waals surface area (Å²) in [5.74, 6) is -0.0563. The van der Waals surface area contributed by atoms with Crippen LogP contribution in [-0.2, 0) is 4.79 Å². The normalized spacial score (nSPS) is 12.0. The number of rotatable bonds is 5. The molecular weight excluding hydrogens is 319 g/mol. The van der Waals surface area contributed by atoms with Crippen LogP contribution in [0.5, 0.6) is 0 Å². The first-order chi connectivity index (χ1) is 10.5. The van der Waals surface area contributed by atoms with E-state index in [1.54, 1.807) is 12.1 Å². The zero-order valence-corrected chi connectivity index (χ0v) is 14.1. The predicted octanol–water partition coefficient (Wildman–Crippen LogP) is 3.56. The van der Waals surface area contributed by atoms with Crippen LogP contribution in [0, 0.1) is 6.92 Å². The zero-order chi connectivity index (χ0) is 16.1. The van der Waals surface area contributed by atoms with Gasteiger partial charge in [-0.3, -0.25) is 4.79 Å². The lowest BCUT2D eigenvalue weighted by molar-refractivity contribution is -0.682. The molecule has 3 N–H and O–H groups in total. The summed E-state index contributed by atoms with van der Waals surface area (Å²) < 4.78 is 0. The fourth-order valence-electron chi connectivity index (χ4n) is 2.14. The van der Waals surface area contributed by atoms with Gasteiger partial charge >= 0.3 is 0 Å². The Kier molecular flexibility index (Phi) is 5.83. The monoisotopic (exact) mass is 337 g/mol. The van der Waals surface area contributed by atoms with Crippen molar-refractivity contribution in [2.75, 3.05) is 11.9 Å². The molecule has 116 valence electrons. The van der Waals surface area contributed by atoms with Crippen molar-refractivity contribution in [3.8, 4) is 0 Å². The zero-order valence-electron chi connectivity index (χ0n) is 12.6. The van der Waals surface area contributed by atoms with Gasteiger partial charge in [0.15, 0.2) is 6.54 Å². The molecule has 1 amide bonds. The van der Waals surface area contributed by atoms with E-state index in [9.17, 15) is 4.79 Å². The summed E-state index contributed by atoms with van der Waals surface area (Å²) in [6, 6.07) is 13.3. The van der Waals surface area contributed by atoms with Crippen LogP contribution < -0.4 is 10.6 Å². The van der Waals surface area contributed by atoms with E-state index in [4.69, 9.17) is 23.2 Å². The van der Waals surface area contributed by atoms with Crippen molar-refractivity contribution in [2.24, 2.45) is 0 Å². The number of amides is 1. The first-order valence-electron chi connectivity index (χ1n) is 7.10. The minimum atomic E-state index is -0.0563. The number of benzene rings is 2. The summed E-state index contributed by atoms with van der Waals surface area (Å²) in [6.07, 6.45) is 0. The molecule has 2 aromatic carbocycles. The van der Waals surface area contributed by atoms with Crippen LogP contribution in [0.2, 0.25) is 10.0 Å². The smallest absolute Gasteiger partial charge is 0.279 e. The number of nitrogens with two attached hydrogens (primary N) is 1. The van der Waals surface area contributed by atoms with Crippen LogP contribution in [-0.4, -0.2) is 12.5 Å². The van der Waals surface area contributed by atoms with Gasteiger partial charge < -0.3 is 10.6 Å². The second-order valence-electron chi connectivity index (χ2n) is 5.29. The van der Waals surface area contributed by atoms with E-state index >= 15 is 0 Å². The minimum absolute atomic E-state index is 0.0563. The topological polar surface area (TPSA) is 45.7 Å². The van der Waals surface area contributed by atoms with E-state index in [0.29, 0.717) is 16.6 Å². The first kappa shape index (κ1) is 16.8. The molecule has 0 saturated carbocycles. The Balaban J connectivity index is 1.91. The summed E-state index contributed by atoms with van der Waals surface area (Å²) in [5.41, 5.74) is 2.83. The average Bonchev–Trinajstić information content (AvgIpc) is 2.48. The number of carbonyl (C=O) groups excluding carboxylic acids is 1. The van der Waals surface area contributed by atoms with Gasteiger partial charge in [0, 0.05) is 21.3 Å². The molecule has 0 aliphatic heterocycles. The summed E-state index contributed by atoms with van der Waals surface area (Å²) in [4.78, 5) is 12.1. The number of halogens is 2. The Morgan fingerprint density at radius 2 is 1.91 bits per heavy atom. The van der Waals surface area contributed by atoms with E-state index < -0.39 is 0 Å². The summed E-state index contributed by atoms with van der Waals surface area (Å²) in [5, 5.41) is 6.18. The Bertz CT molecular complexity index is 673. The molecule has 1 atom stereocenters. The van der Waals surface area contributed by atoms with E-state index in [1.165, 1.54) is 0 Å². The number of aryl methyl sites for hydroxylation is 1. The lowest BCUT2D eigenvalue weighted by Gasteiger charge is -2.12. The molecule has 0 bridgehead atoms. The number of anilines is 1. The van der Waals surface area contributed by atoms with Crippen molar-refractivity contribution in [3.05, 3.63) is 63.6 Å². The van der Waals surface area contributed by atoms with Crippen molar-refractivity contribution < 1.29 is 10.1 Å². The van der Waals surface area contributed by atoms with E-state index in [1.807, 2.05) is 49.5 Å².